The van der Waals surface area contributed by atoms with Crippen LogP contribution in [0.1, 0.15) is 51.4 Å². The monoisotopic (exact) mass is 212 g/mol. The first-order valence-corrected chi connectivity index (χ1v) is 6.62. The van der Waals surface area contributed by atoms with Crippen molar-refractivity contribution in [2.75, 3.05) is 27.2 Å². The highest BCUT2D eigenvalue weighted by molar-refractivity contribution is 4.84. The summed E-state index contributed by atoms with van der Waals surface area (Å²) >= 11 is 0. The van der Waals surface area contributed by atoms with Crippen LogP contribution in [0, 0.1) is 5.41 Å². The Kier molecular flexibility index (Phi) is 6.26. The van der Waals surface area contributed by atoms with E-state index >= 15 is 0 Å². The topological polar surface area (TPSA) is 24.1 Å². The molecule has 0 amide bonds. The van der Waals surface area contributed by atoms with Crippen molar-refractivity contribution < 1.29 is 0 Å². The molecule has 0 spiro atoms. The average Bonchev–Trinajstić information content (AvgIpc) is 2.68. The molecule has 15 heavy (non-hydrogen) atoms. The van der Waals surface area contributed by atoms with E-state index in [9.17, 15) is 0 Å². The van der Waals surface area contributed by atoms with E-state index in [0.717, 1.165) is 0 Å². The maximum atomic E-state index is 3.26. The largest absolute Gasteiger partial charge is 0.320 e. The molecule has 1 saturated carbocycles. The molecule has 0 aliphatic heterocycles. The zero-order chi connectivity index (χ0) is 11.0. The number of hydrogen-bond acceptors (Lipinski definition) is 2. The SMILES string of the molecule is CNCCCC1(CCCNC)CCCC1. The number of nitrogens with one attached hydrogen (secondary N) is 2. The van der Waals surface area contributed by atoms with Crippen molar-refractivity contribution >= 4 is 0 Å². The lowest BCUT2D eigenvalue weighted by atomic mass is 9.77. The fraction of sp³-hybridized carbons (Fsp3) is 1.00. The van der Waals surface area contributed by atoms with Crippen molar-refractivity contribution in [3.8, 4) is 0 Å². The molecule has 0 radical (unpaired) electrons. The van der Waals surface area contributed by atoms with Gasteiger partial charge in [0.25, 0.3) is 0 Å². The second-order valence-electron chi connectivity index (χ2n) is 5.12. The molecule has 0 heterocycles. The summed E-state index contributed by atoms with van der Waals surface area (Å²) in [7, 11) is 4.12. The Morgan fingerprint density at radius 3 is 1.73 bits per heavy atom. The second-order valence-corrected chi connectivity index (χ2v) is 5.12. The molecule has 1 aliphatic carbocycles. The van der Waals surface area contributed by atoms with Gasteiger partial charge in [-0.3, -0.25) is 0 Å². The van der Waals surface area contributed by atoms with Gasteiger partial charge in [0.1, 0.15) is 0 Å². The predicted octanol–water partition coefficient (Wildman–Crippen LogP) is 2.55. The van der Waals surface area contributed by atoms with E-state index in [4.69, 9.17) is 0 Å². The Morgan fingerprint density at radius 1 is 0.867 bits per heavy atom. The highest BCUT2D eigenvalue weighted by atomic mass is 14.8. The van der Waals surface area contributed by atoms with E-state index in [-0.39, 0.29) is 0 Å². The van der Waals surface area contributed by atoms with Crippen molar-refractivity contribution in [1.82, 2.24) is 10.6 Å². The van der Waals surface area contributed by atoms with Crippen LogP contribution in [0.4, 0.5) is 0 Å². The summed E-state index contributed by atoms with van der Waals surface area (Å²) < 4.78 is 0. The van der Waals surface area contributed by atoms with Crippen molar-refractivity contribution in [3.63, 3.8) is 0 Å². The third-order valence-electron chi connectivity index (χ3n) is 3.93. The summed E-state index contributed by atoms with van der Waals surface area (Å²) in [5, 5.41) is 6.53. The summed E-state index contributed by atoms with van der Waals surface area (Å²) in [6.45, 7) is 2.38. The van der Waals surface area contributed by atoms with Crippen LogP contribution < -0.4 is 10.6 Å². The fourth-order valence-corrected chi connectivity index (χ4v) is 3.03. The summed E-state index contributed by atoms with van der Waals surface area (Å²) in [5.74, 6) is 0. The van der Waals surface area contributed by atoms with Gasteiger partial charge in [-0.25, -0.2) is 0 Å². The number of hydrogen-bond donors (Lipinski definition) is 2. The molecule has 0 atom stereocenters. The molecule has 1 rings (SSSR count). The van der Waals surface area contributed by atoms with Gasteiger partial charge in [0.05, 0.1) is 0 Å². The lowest BCUT2D eigenvalue weighted by Crippen LogP contribution is -2.21. The van der Waals surface area contributed by atoms with Gasteiger partial charge in [0.15, 0.2) is 0 Å². The molecule has 0 bridgehead atoms. The van der Waals surface area contributed by atoms with Crippen LogP contribution in [0.25, 0.3) is 0 Å². The maximum Gasteiger partial charge on any atom is -0.00517 e. The van der Waals surface area contributed by atoms with Gasteiger partial charge >= 0.3 is 0 Å². The van der Waals surface area contributed by atoms with Gasteiger partial charge < -0.3 is 10.6 Å². The van der Waals surface area contributed by atoms with Crippen molar-refractivity contribution in [2.24, 2.45) is 5.41 Å². The molecular weight excluding hydrogens is 184 g/mol. The summed E-state index contributed by atoms with van der Waals surface area (Å²) in [6.07, 6.45) is 11.5. The van der Waals surface area contributed by atoms with Gasteiger partial charge in [-0.1, -0.05) is 12.8 Å². The second kappa shape index (κ2) is 7.24. The minimum absolute atomic E-state index is 0.716. The molecule has 90 valence electrons. The molecule has 1 aliphatic rings. The Hall–Kier alpha value is -0.0800. The fourth-order valence-electron chi connectivity index (χ4n) is 3.03. The van der Waals surface area contributed by atoms with Gasteiger partial charge in [0, 0.05) is 0 Å². The van der Waals surface area contributed by atoms with Crippen LogP contribution in [-0.4, -0.2) is 27.2 Å². The normalized spacial score (nSPS) is 19.6. The first-order valence-electron chi connectivity index (χ1n) is 6.62. The third kappa shape index (κ3) is 4.52. The quantitative estimate of drug-likeness (QED) is 0.604. The van der Waals surface area contributed by atoms with Crippen LogP contribution in [0.3, 0.4) is 0 Å². The molecular formula is C13H28N2. The third-order valence-corrected chi connectivity index (χ3v) is 3.93. The molecule has 2 heteroatoms. The highest BCUT2D eigenvalue weighted by Gasteiger charge is 2.32. The van der Waals surface area contributed by atoms with Crippen LogP contribution in [0.5, 0.6) is 0 Å². The van der Waals surface area contributed by atoms with E-state index in [2.05, 4.69) is 24.7 Å². The van der Waals surface area contributed by atoms with Crippen LogP contribution in [-0.2, 0) is 0 Å². The van der Waals surface area contributed by atoms with Gasteiger partial charge in [-0.15, -0.1) is 0 Å². The maximum absolute atomic E-state index is 3.26. The lowest BCUT2D eigenvalue weighted by molar-refractivity contribution is 0.235. The van der Waals surface area contributed by atoms with Crippen LogP contribution in [0.15, 0.2) is 0 Å². The van der Waals surface area contributed by atoms with Crippen LogP contribution >= 0.6 is 0 Å². The minimum atomic E-state index is 0.716. The van der Waals surface area contributed by atoms with E-state index in [1.807, 2.05) is 0 Å². The molecule has 0 unspecified atom stereocenters. The Bertz CT molecular complexity index is 139. The molecule has 0 aromatic carbocycles. The lowest BCUT2D eigenvalue weighted by Gasteiger charge is -2.29. The summed E-state index contributed by atoms with van der Waals surface area (Å²) in [6, 6.07) is 0. The van der Waals surface area contributed by atoms with E-state index in [1.54, 1.807) is 0 Å². The highest BCUT2D eigenvalue weighted by Crippen LogP contribution is 2.45. The average molecular weight is 212 g/mol. The predicted molar refractivity (Wildman–Crippen MR) is 67.2 cm³/mol. The molecule has 2 N–H and O–H groups in total. The Balaban J connectivity index is 2.26. The van der Waals surface area contributed by atoms with Crippen molar-refractivity contribution in [3.05, 3.63) is 0 Å². The molecule has 2 nitrogen and oxygen atoms in total. The molecule has 0 aromatic rings. The standard InChI is InChI=1S/C13H28N2/c1-14-11-5-9-13(7-3-4-8-13)10-6-12-15-2/h14-15H,3-12H2,1-2H3. The van der Waals surface area contributed by atoms with Gasteiger partial charge in [-0.2, -0.15) is 0 Å². The smallest absolute Gasteiger partial charge is 0.00517 e. The molecule has 0 aromatic heterocycles. The van der Waals surface area contributed by atoms with Crippen molar-refractivity contribution in [2.45, 2.75) is 51.4 Å². The Morgan fingerprint density at radius 2 is 1.33 bits per heavy atom. The van der Waals surface area contributed by atoms with E-state index in [0.29, 0.717) is 5.41 Å². The van der Waals surface area contributed by atoms with E-state index < -0.39 is 0 Å². The zero-order valence-corrected chi connectivity index (χ0v) is 10.6. The Labute approximate surface area is 95.2 Å². The summed E-state index contributed by atoms with van der Waals surface area (Å²) in [5.41, 5.74) is 0.716. The van der Waals surface area contributed by atoms with Crippen LogP contribution in [0.2, 0.25) is 0 Å². The van der Waals surface area contributed by atoms with Gasteiger partial charge in [-0.05, 0) is 71.1 Å². The summed E-state index contributed by atoms with van der Waals surface area (Å²) in [4.78, 5) is 0. The minimum Gasteiger partial charge on any atom is -0.320 e. The first-order chi connectivity index (χ1) is 7.33. The first kappa shape index (κ1) is 13.0. The zero-order valence-electron chi connectivity index (χ0n) is 10.6. The van der Waals surface area contributed by atoms with Crippen molar-refractivity contribution in [1.29, 1.82) is 0 Å². The van der Waals surface area contributed by atoms with E-state index in [1.165, 1.54) is 64.5 Å². The molecule has 1 fully saturated rings. The van der Waals surface area contributed by atoms with Gasteiger partial charge in [0.2, 0.25) is 0 Å². The number of rotatable bonds is 8. The molecule has 0 saturated heterocycles.